The van der Waals surface area contributed by atoms with Gasteiger partial charge in [-0.2, -0.15) is 0 Å². The van der Waals surface area contributed by atoms with Crippen LogP contribution >= 0.6 is 45.2 Å². The van der Waals surface area contributed by atoms with Crippen LogP contribution in [0, 0.1) is 5.92 Å². The van der Waals surface area contributed by atoms with E-state index in [0.717, 1.165) is 6.42 Å². The van der Waals surface area contributed by atoms with Crippen LogP contribution in [-0.4, -0.2) is 5.98 Å². The molecule has 0 spiro atoms. The van der Waals surface area contributed by atoms with Crippen molar-refractivity contribution in [1.82, 2.24) is 0 Å². The summed E-state index contributed by atoms with van der Waals surface area (Å²) in [6.07, 6.45) is 0.957. The van der Waals surface area contributed by atoms with Crippen molar-refractivity contribution in [3.8, 4) is 0 Å². The minimum absolute atomic E-state index is 0.141. The molecule has 0 aliphatic carbocycles. The zero-order valence-electron chi connectivity index (χ0n) is 5.59. The summed E-state index contributed by atoms with van der Waals surface area (Å²) in [5.41, 5.74) is 11.5. The van der Waals surface area contributed by atoms with Crippen LogP contribution in [0.2, 0.25) is 0 Å². The molecule has 10 heavy (non-hydrogen) atoms. The molecular weight excluding hydrogens is 537 g/mol. The molecule has 65 valence electrons. The van der Waals surface area contributed by atoms with Crippen molar-refractivity contribution >= 4 is 45.2 Å². The van der Waals surface area contributed by atoms with E-state index in [1.165, 1.54) is 0 Å². The molecule has 2 nitrogen and oxygen atoms in total. The first-order valence-electron chi connectivity index (χ1n) is 2.86. The normalized spacial score (nSPS) is 18.7. The van der Waals surface area contributed by atoms with Gasteiger partial charge in [-0.15, -0.1) is 0 Å². The first-order chi connectivity index (χ1) is 4.33. The molecule has 0 bridgehead atoms. The molecule has 0 aliphatic rings. The monoisotopic (exact) mass is 548 g/mol. The molecule has 0 aliphatic heterocycles. The van der Waals surface area contributed by atoms with Gasteiger partial charge in [-0.05, 0) is 0 Å². The summed E-state index contributed by atoms with van der Waals surface area (Å²) in [7, 11) is 0. The van der Waals surface area contributed by atoms with E-state index in [0.29, 0.717) is 5.92 Å². The standard InChI is InChI=1S/C5H11I2N2.Pt/c1-4(3-8)2-5(6,7)9;/h3-4H,2,8-9H2,1H3;. The molecule has 0 heterocycles. The van der Waals surface area contributed by atoms with Gasteiger partial charge in [0.05, 0.1) is 0 Å². The summed E-state index contributed by atoms with van der Waals surface area (Å²) in [4.78, 5) is 0. The van der Waals surface area contributed by atoms with Gasteiger partial charge in [-0.25, -0.2) is 0 Å². The van der Waals surface area contributed by atoms with E-state index in [1.54, 1.807) is 0 Å². The first-order valence-corrected chi connectivity index (χ1v) is 6.32. The molecule has 0 aromatic rings. The Morgan fingerprint density at radius 2 is 2.00 bits per heavy atom. The molecule has 0 radical (unpaired) electrons. The number of rotatable bonds is 3. The van der Waals surface area contributed by atoms with Gasteiger partial charge in [0, 0.05) is 0 Å². The molecule has 4 N–H and O–H groups in total. The van der Waals surface area contributed by atoms with E-state index < -0.39 is 0 Å². The van der Waals surface area contributed by atoms with E-state index in [9.17, 15) is 0 Å². The number of hydrogen-bond acceptors (Lipinski definition) is 2. The number of hydrogen-bond donors (Lipinski definition) is 2. The minimum atomic E-state index is -0.141. The first kappa shape index (κ1) is 12.1. The van der Waals surface area contributed by atoms with Crippen LogP contribution in [0.3, 0.4) is 0 Å². The van der Waals surface area contributed by atoms with Crippen LogP contribution in [0.1, 0.15) is 13.3 Å². The second-order valence-corrected chi connectivity index (χ2v) is 9.77. The Kier molecular flexibility index (Phi) is 5.96. The Hall–Kier alpha value is 2.07. The van der Waals surface area contributed by atoms with Crippen LogP contribution < -0.4 is 11.5 Å². The number of halogens is 2. The molecule has 0 amide bonds. The number of nitrogens with two attached hydrogens (primary N) is 2. The fraction of sp³-hybridized carbons (Fsp3) is 1.00. The van der Waals surface area contributed by atoms with Crippen molar-refractivity contribution in [3.63, 3.8) is 0 Å². The molecule has 0 aromatic carbocycles. The van der Waals surface area contributed by atoms with Gasteiger partial charge in [0.15, 0.2) is 0 Å². The topological polar surface area (TPSA) is 52.0 Å². The van der Waals surface area contributed by atoms with Crippen LogP contribution in [0.25, 0.3) is 0 Å². The predicted molar refractivity (Wildman–Crippen MR) is 56.7 cm³/mol. The third-order valence-corrected chi connectivity index (χ3v) is 3.28. The van der Waals surface area contributed by atoms with E-state index in [4.69, 9.17) is 11.5 Å². The van der Waals surface area contributed by atoms with E-state index >= 15 is 0 Å². The van der Waals surface area contributed by atoms with Crippen molar-refractivity contribution in [2.45, 2.75) is 19.3 Å². The van der Waals surface area contributed by atoms with Gasteiger partial charge in [0.2, 0.25) is 0 Å². The van der Waals surface area contributed by atoms with Crippen molar-refractivity contribution in [2.24, 2.45) is 17.4 Å². The molecule has 2 atom stereocenters. The van der Waals surface area contributed by atoms with Gasteiger partial charge < -0.3 is 0 Å². The maximum atomic E-state index is 5.79. The molecule has 0 fully saturated rings. The zero-order chi connectivity index (χ0) is 8.36. The predicted octanol–water partition coefficient (Wildman–Crippen LogP) is 1.33. The summed E-state index contributed by atoms with van der Waals surface area (Å²) >= 11 is 6.67. The van der Waals surface area contributed by atoms with Crippen LogP contribution in [-0.2, 0) is 19.8 Å². The molecule has 0 saturated carbocycles. The van der Waals surface area contributed by atoms with Crippen molar-refractivity contribution in [2.75, 3.05) is 0 Å². The van der Waals surface area contributed by atoms with Gasteiger partial charge in [-0.3, -0.25) is 0 Å². The SMILES string of the molecule is CC(CC(N)(I)I)[CH](N)[Pt]. The summed E-state index contributed by atoms with van der Waals surface area (Å²) < 4.78 is 0.0745. The quantitative estimate of drug-likeness (QED) is 0.318. The Morgan fingerprint density at radius 3 is 2.10 bits per heavy atom. The van der Waals surface area contributed by atoms with Crippen molar-refractivity contribution in [3.05, 3.63) is 0 Å². The molecule has 0 aromatic heterocycles. The van der Waals surface area contributed by atoms with Gasteiger partial charge in [0.1, 0.15) is 0 Å². The van der Waals surface area contributed by atoms with Crippen molar-refractivity contribution in [1.29, 1.82) is 0 Å². The number of alkyl halides is 2. The molecule has 5 heteroatoms. The fourth-order valence-corrected chi connectivity index (χ4v) is 2.19. The average molecular weight is 548 g/mol. The Bertz CT molecular complexity index is 102. The summed E-state index contributed by atoms with van der Waals surface area (Å²) in [6.45, 7) is 2.12. The second kappa shape index (κ2) is 4.94. The van der Waals surface area contributed by atoms with E-state index in [1.807, 2.05) is 0 Å². The molecular formula is C5H11I2N2Pt. The maximum absolute atomic E-state index is 5.79. The zero-order valence-corrected chi connectivity index (χ0v) is 12.2. The van der Waals surface area contributed by atoms with E-state index in [-0.39, 0.29) is 5.98 Å². The molecule has 2 unspecified atom stereocenters. The summed E-state index contributed by atoms with van der Waals surface area (Å²) in [5.74, 6) is 0.487. The van der Waals surface area contributed by atoms with Gasteiger partial charge in [-0.1, -0.05) is 0 Å². The van der Waals surface area contributed by atoms with Crippen LogP contribution in [0.5, 0.6) is 0 Å². The van der Waals surface area contributed by atoms with Crippen LogP contribution in [0.4, 0.5) is 0 Å². The third kappa shape index (κ3) is 6.76. The Balaban J connectivity index is 3.68. The van der Waals surface area contributed by atoms with Gasteiger partial charge in [0.25, 0.3) is 0 Å². The van der Waals surface area contributed by atoms with Gasteiger partial charge >= 0.3 is 102 Å². The Labute approximate surface area is 100 Å². The average Bonchev–Trinajstić information content (AvgIpc) is 1.60. The molecule has 0 rings (SSSR count). The third-order valence-electron chi connectivity index (χ3n) is 1.10. The summed E-state index contributed by atoms with van der Waals surface area (Å²) in [6, 6.07) is 0. The summed E-state index contributed by atoms with van der Waals surface area (Å²) in [5, 5.41) is 0. The second-order valence-electron chi connectivity index (χ2n) is 2.35. The van der Waals surface area contributed by atoms with E-state index in [2.05, 4.69) is 71.9 Å². The Morgan fingerprint density at radius 1 is 1.60 bits per heavy atom. The van der Waals surface area contributed by atoms with Crippen molar-refractivity contribution < 1.29 is 19.8 Å². The molecule has 0 saturated heterocycles. The fourth-order valence-electron chi connectivity index (χ4n) is 0.535. The van der Waals surface area contributed by atoms with Crippen LogP contribution in [0.15, 0.2) is 0 Å².